The molecule has 6 nitrogen and oxygen atoms in total. The highest BCUT2D eigenvalue weighted by Crippen LogP contribution is 2.24. The van der Waals surface area contributed by atoms with E-state index < -0.39 is 10.9 Å². The predicted molar refractivity (Wildman–Crippen MR) is 53.5 cm³/mol. The van der Waals surface area contributed by atoms with Crippen molar-refractivity contribution in [2.75, 3.05) is 12.3 Å². The molecule has 0 atom stereocenters. The average Bonchev–Trinajstić information content (AvgIpc) is 2.17. The molecule has 1 aromatic rings. The van der Waals surface area contributed by atoms with Crippen LogP contribution in [0.2, 0.25) is 0 Å². The van der Waals surface area contributed by atoms with E-state index in [1.807, 2.05) is 0 Å². The summed E-state index contributed by atoms with van der Waals surface area (Å²) < 4.78 is 4.68. The van der Waals surface area contributed by atoms with Crippen LogP contribution in [0.25, 0.3) is 0 Å². The van der Waals surface area contributed by atoms with Crippen molar-refractivity contribution < 1.29 is 14.5 Å². The monoisotopic (exact) mass is 210 g/mol. The van der Waals surface area contributed by atoms with Gasteiger partial charge in [-0.1, -0.05) is 6.07 Å². The van der Waals surface area contributed by atoms with Gasteiger partial charge in [-0.05, 0) is 13.0 Å². The topological polar surface area (TPSA) is 95.5 Å². The molecule has 1 rings (SSSR count). The Balaban J connectivity index is 3.24. The summed E-state index contributed by atoms with van der Waals surface area (Å²) in [7, 11) is 0. The number of carbonyl (C=O) groups excluding carboxylic acids is 1. The van der Waals surface area contributed by atoms with E-state index in [9.17, 15) is 14.9 Å². The molecule has 0 saturated carbocycles. The first-order valence-electron chi connectivity index (χ1n) is 4.28. The second-order valence-electron chi connectivity index (χ2n) is 2.72. The van der Waals surface area contributed by atoms with E-state index >= 15 is 0 Å². The Bertz CT molecular complexity index is 403. The van der Waals surface area contributed by atoms with Crippen molar-refractivity contribution in [1.82, 2.24) is 0 Å². The lowest BCUT2D eigenvalue weighted by Gasteiger charge is -2.05. The molecule has 0 amide bonds. The van der Waals surface area contributed by atoms with Gasteiger partial charge in [-0.15, -0.1) is 0 Å². The Morgan fingerprint density at radius 2 is 2.27 bits per heavy atom. The van der Waals surface area contributed by atoms with Gasteiger partial charge in [-0.25, -0.2) is 4.79 Å². The Kier molecular flexibility index (Phi) is 3.22. The Labute approximate surface area is 85.8 Å². The molecule has 0 radical (unpaired) electrons. The lowest BCUT2D eigenvalue weighted by Crippen LogP contribution is -2.10. The molecule has 1 aromatic carbocycles. The van der Waals surface area contributed by atoms with Crippen LogP contribution in [0.3, 0.4) is 0 Å². The molecule has 0 aliphatic heterocycles. The molecule has 0 saturated heterocycles. The van der Waals surface area contributed by atoms with Crippen molar-refractivity contribution in [2.24, 2.45) is 0 Å². The first-order chi connectivity index (χ1) is 7.07. The number of nitrogens with zero attached hydrogens (tertiary/aromatic N) is 1. The number of anilines is 1. The van der Waals surface area contributed by atoms with Gasteiger partial charge in [0.1, 0.15) is 0 Å². The van der Waals surface area contributed by atoms with Crippen LogP contribution < -0.4 is 5.73 Å². The van der Waals surface area contributed by atoms with E-state index in [0.29, 0.717) is 0 Å². The number of hydrogen-bond donors (Lipinski definition) is 1. The largest absolute Gasteiger partial charge is 0.462 e. The summed E-state index contributed by atoms with van der Waals surface area (Å²) in [6.45, 7) is 1.76. The predicted octanol–water partition coefficient (Wildman–Crippen LogP) is 1.35. The van der Waals surface area contributed by atoms with Gasteiger partial charge in [0.2, 0.25) is 0 Å². The lowest BCUT2D eigenvalue weighted by atomic mass is 10.1. The maximum absolute atomic E-state index is 11.4. The quantitative estimate of drug-likeness (QED) is 0.351. The van der Waals surface area contributed by atoms with Gasteiger partial charge in [0.25, 0.3) is 5.69 Å². The van der Waals surface area contributed by atoms with Gasteiger partial charge in [0, 0.05) is 6.07 Å². The van der Waals surface area contributed by atoms with Crippen LogP contribution in [0.1, 0.15) is 17.3 Å². The summed E-state index contributed by atoms with van der Waals surface area (Å²) in [6.07, 6.45) is 0. The number of benzene rings is 1. The Morgan fingerprint density at radius 3 is 2.80 bits per heavy atom. The highest BCUT2D eigenvalue weighted by Gasteiger charge is 2.23. The molecule has 0 spiro atoms. The van der Waals surface area contributed by atoms with Crippen LogP contribution in [0, 0.1) is 10.1 Å². The molecule has 0 unspecified atom stereocenters. The SMILES string of the molecule is CCOC(=O)c1c(N)cccc1[N+](=O)[O-]. The average molecular weight is 210 g/mol. The fourth-order valence-corrected chi connectivity index (χ4v) is 1.14. The van der Waals surface area contributed by atoms with Crippen LogP contribution in [0.15, 0.2) is 18.2 Å². The molecule has 2 N–H and O–H groups in total. The summed E-state index contributed by atoms with van der Waals surface area (Å²) in [4.78, 5) is 21.3. The third kappa shape index (κ3) is 2.22. The molecule has 0 aromatic heterocycles. The van der Waals surface area contributed by atoms with Crippen LogP contribution in [-0.2, 0) is 4.74 Å². The third-order valence-electron chi connectivity index (χ3n) is 1.75. The van der Waals surface area contributed by atoms with Gasteiger partial charge in [-0.2, -0.15) is 0 Å². The normalized spacial score (nSPS) is 9.67. The summed E-state index contributed by atoms with van der Waals surface area (Å²) in [5, 5.41) is 10.6. The smallest absolute Gasteiger partial charge is 0.347 e. The summed E-state index contributed by atoms with van der Waals surface area (Å²) >= 11 is 0. The lowest BCUT2D eigenvalue weighted by molar-refractivity contribution is -0.385. The number of esters is 1. The number of nitrogen functional groups attached to an aromatic ring is 1. The minimum Gasteiger partial charge on any atom is -0.462 e. The van der Waals surface area contributed by atoms with E-state index in [2.05, 4.69) is 4.74 Å². The van der Waals surface area contributed by atoms with E-state index in [1.165, 1.54) is 18.2 Å². The molecule has 0 heterocycles. The number of nitro groups is 1. The van der Waals surface area contributed by atoms with Crippen molar-refractivity contribution in [2.45, 2.75) is 6.92 Å². The summed E-state index contributed by atoms with van der Waals surface area (Å²) in [6, 6.07) is 4.04. The Morgan fingerprint density at radius 1 is 1.60 bits per heavy atom. The highest BCUT2D eigenvalue weighted by molar-refractivity contribution is 5.99. The second-order valence-corrected chi connectivity index (χ2v) is 2.72. The fraction of sp³-hybridized carbons (Fsp3) is 0.222. The van der Waals surface area contributed by atoms with E-state index in [-0.39, 0.29) is 23.5 Å². The molecule has 0 aliphatic carbocycles. The maximum atomic E-state index is 11.4. The van der Waals surface area contributed by atoms with Crippen molar-refractivity contribution in [3.63, 3.8) is 0 Å². The van der Waals surface area contributed by atoms with Gasteiger partial charge >= 0.3 is 5.97 Å². The van der Waals surface area contributed by atoms with Crippen molar-refractivity contribution in [3.8, 4) is 0 Å². The van der Waals surface area contributed by atoms with Crippen molar-refractivity contribution in [1.29, 1.82) is 0 Å². The number of nitrogens with two attached hydrogens (primary N) is 1. The highest BCUT2D eigenvalue weighted by atomic mass is 16.6. The third-order valence-corrected chi connectivity index (χ3v) is 1.75. The summed E-state index contributed by atoms with van der Waals surface area (Å²) in [5.41, 5.74) is 5.00. The van der Waals surface area contributed by atoms with Crippen molar-refractivity contribution >= 4 is 17.3 Å². The number of hydrogen-bond acceptors (Lipinski definition) is 5. The molecule has 80 valence electrons. The standard InChI is InChI=1S/C9H10N2O4/c1-2-15-9(12)8-6(10)4-3-5-7(8)11(13)14/h3-5H,2,10H2,1H3. The van der Waals surface area contributed by atoms with Crippen LogP contribution in [0.5, 0.6) is 0 Å². The molecule has 0 bridgehead atoms. The minimum absolute atomic E-state index is 0.0441. The van der Waals surface area contributed by atoms with E-state index in [0.717, 1.165) is 0 Å². The minimum atomic E-state index is -0.776. The zero-order valence-electron chi connectivity index (χ0n) is 8.10. The number of carbonyl (C=O) groups is 1. The number of nitro benzene ring substituents is 1. The van der Waals surface area contributed by atoms with Crippen LogP contribution >= 0.6 is 0 Å². The molecule has 6 heteroatoms. The molecular formula is C9H10N2O4. The maximum Gasteiger partial charge on any atom is 0.347 e. The van der Waals surface area contributed by atoms with Gasteiger partial charge in [0.15, 0.2) is 5.56 Å². The van der Waals surface area contributed by atoms with Gasteiger partial charge in [-0.3, -0.25) is 10.1 Å². The van der Waals surface area contributed by atoms with E-state index in [1.54, 1.807) is 6.92 Å². The van der Waals surface area contributed by atoms with Gasteiger partial charge < -0.3 is 10.5 Å². The first-order valence-corrected chi connectivity index (χ1v) is 4.28. The van der Waals surface area contributed by atoms with Gasteiger partial charge in [0.05, 0.1) is 17.2 Å². The zero-order chi connectivity index (χ0) is 11.4. The molecule has 15 heavy (non-hydrogen) atoms. The second kappa shape index (κ2) is 4.41. The number of rotatable bonds is 3. The molecular weight excluding hydrogens is 200 g/mol. The Hall–Kier alpha value is -2.11. The van der Waals surface area contributed by atoms with Crippen LogP contribution in [0.4, 0.5) is 11.4 Å². The summed E-state index contributed by atoms with van der Waals surface area (Å²) in [5.74, 6) is -0.776. The first kappa shape index (κ1) is 11.0. The van der Waals surface area contributed by atoms with Crippen LogP contribution in [-0.4, -0.2) is 17.5 Å². The van der Waals surface area contributed by atoms with E-state index in [4.69, 9.17) is 5.73 Å². The fourth-order valence-electron chi connectivity index (χ4n) is 1.14. The van der Waals surface area contributed by atoms with Crippen molar-refractivity contribution in [3.05, 3.63) is 33.9 Å². The molecule has 0 fully saturated rings. The zero-order valence-corrected chi connectivity index (χ0v) is 8.10. The number of ether oxygens (including phenoxy) is 1. The molecule has 0 aliphatic rings.